The number of para-hydroxylation sites is 1. The molecule has 1 aromatic carbocycles. The maximum atomic E-state index is 11.5. The zero-order chi connectivity index (χ0) is 19.1. The second-order valence-corrected chi connectivity index (χ2v) is 5.04. The van der Waals surface area contributed by atoms with Crippen LogP contribution < -0.4 is 32.6 Å². The molecule has 136 valence electrons. The van der Waals surface area contributed by atoms with E-state index in [1.807, 2.05) is 6.07 Å². The molecule has 9 N–H and O–H groups in total. The number of carbonyl (C=O) groups is 2. The van der Waals surface area contributed by atoms with E-state index in [0.717, 1.165) is 11.3 Å². The summed E-state index contributed by atoms with van der Waals surface area (Å²) in [7, 11) is 1.50. The predicted octanol–water partition coefficient (Wildman–Crippen LogP) is -0.301. The summed E-state index contributed by atoms with van der Waals surface area (Å²) in [5.74, 6) is -0.413. The molecule has 0 fully saturated rings. The van der Waals surface area contributed by atoms with Crippen molar-refractivity contribution in [1.29, 1.82) is 0 Å². The van der Waals surface area contributed by atoms with E-state index in [2.05, 4.69) is 20.8 Å². The normalized spacial score (nSPS) is 12.1. The summed E-state index contributed by atoms with van der Waals surface area (Å²) in [6, 6.07) is 7.10. The molecule has 0 bridgehead atoms. The highest BCUT2D eigenvalue weighted by Gasteiger charge is 2.15. The summed E-state index contributed by atoms with van der Waals surface area (Å²) in [6.45, 7) is 0. The molecule has 26 heavy (non-hydrogen) atoms. The van der Waals surface area contributed by atoms with Crippen LogP contribution in [0, 0.1) is 0 Å². The van der Waals surface area contributed by atoms with Crippen molar-refractivity contribution in [2.75, 3.05) is 12.4 Å². The molecule has 2 aromatic rings. The van der Waals surface area contributed by atoms with Gasteiger partial charge in [-0.15, -0.1) is 0 Å². The molecule has 0 atom stereocenters. The van der Waals surface area contributed by atoms with E-state index in [9.17, 15) is 9.59 Å². The van der Waals surface area contributed by atoms with Gasteiger partial charge in [-0.3, -0.25) is 14.7 Å². The van der Waals surface area contributed by atoms with E-state index in [1.54, 1.807) is 24.4 Å². The molecule has 10 heteroatoms. The Morgan fingerprint density at radius 2 is 2.04 bits per heavy atom. The minimum Gasteiger partial charge on any atom is -0.494 e. The maximum Gasteiger partial charge on any atom is 0.266 e. The highest BCUT2D eigenvalue weighted by Crippen LogP contribution is 2.36. The molecule has 0 saturated carbocycles. The fraction of sp³-hybridized carbons (Fsp3) is 0.0625. The van der Waals surface area contributed by atoms with Crippen molar-refractivity contribution in [1.82, 2.24) is 15.5 Å². The van der Waals surface area contributed by atoms with Crippen LogP contribution in [0.25, 0.3) is 11.3 Å². The molecule has 1 heterocycles. The van der Waals surface area contributed by atoms with E-state index in [4.69, 9.17) is 21.9 Å². The van der Waals surface area contributed by atoms with Crippen LogP contribution in [0.3, 0.4) is 0 Å². The third kappa shape index (κ3) is 4.12. The molecular weight excluding hydrogens is 338 g/mol. The smallest absolute Gasteiger partial charge is 0.266 e. The summed E-state index contributed by atoms with van der Waals surface area (Å²) in [5, 5.41) is 12.0. The molecule has 0 spiro atoms. The summed E-state index contributed by atoms with van der Waals surface area (Å²) < 4.78 is 5.48. The van der Waals surface area contributed by atoms with E-state index >= 15 is 0 Å². The van der Waals surface area contributed by atoms with Crippen molar-refractivity contribution in [3.63, 3.8) is 0 Å². The lowest BCUT2D eigenvalue weighted by molar-refractivity contribution is -0.114. The molecule has 2 amide bonds. The van der Waals surface area contributed by atoms with Crippen molar-refractivity contribution in [3.05, 3.63) is 53.8 Å². The fourth-order valence-electron chi connectivity index (χ4n) is 2.20. The summed E-state index contributed by atoms with van der Waals surface area (Å²) in [5.41, 5.74) is 18.4. The number of aromatic amines is 1. The summed E-state index contributed by atoms with van der Waals surface area (Å²) in [6.07, 6.45) is 3.28. The molecule has 0 aliphatic carbocycles. The number of primary amides is 1. The van der Waals surface area contributed by atoms with E-state index in [1.165, 1.54) is 13.2 Å². The average molecular weight is 357 g/mol. The van der Waals surface area contributed by atoms with Gasteiger partial charge in [0.2, 0.25) is 6.41 Å². The molecule has 0 aliphatic rings. The maximum absolute atomic E-state index is 11.5. The van der Waals surface area contributed by atoms with Gasteiger partial charge in [0, 0.05) is 17.8 Å². The first-order valence-corrected chi connectivity index (χ1v) is 7.38. The lowest BCUT2D eigenvalue weighted by Gasteiger charge is -2.16. The van der Waals surface area contributed by atoms with Gasteiger partial charge in [0.25, 0.3) is 5.91 Å². The number of rotatable bonds is 8. The molecule has 10 nitrogen and oxygen atoms in total. The Bertz CT molecular complexity index is 857. The monoisotopic (exact) mass is 357 g/mol. The van der Waals surface area contributed by atoms with Crippen molar-refractivity contribution >= 4 is 18.0 Å². The number of methoxy groups -OCH3 is 1. The van der Waals surface area contributed by atoms with Crippen molar-refractivity contribution in [2.24, 2.45) is 17.2 Å². The first-order chi connectivity index (χ1) is 12.5. The van der Waals surface area contributed by atoms with Crippen LogP contribution in [0.15, 0.2) is 53.8 Å². The van der Waals surface area contributed by atoms with Gasteiger partial charge in [-0.25, -0.2) is 0 Å². The number of allylic oxidation sites excluding steroid dienone is 1. The minimum absolute atomic E-state index is 0.0320. The molecular formula is C16H19N7O3. The standard InChI is InChI=1S/C16H19N7O3/c1-26-15-9(10-5-6-21-23-10)3-2-4-11(15)22-12(14(18)16(19)25)7-13(17)20-8-24/h2-8,22H,17-18H2,1H3,(H2,19,25)(H,20,24)(H,21,23)/b13-7+,14-12+. The lowest BCUT2D eigenvalue weighted by Crippen LogP contribution is -2.25. The van der Waals surface area contributed by atoms with Crippen molar-refractivity contribution < 1.29 is 14.3 Å². The van der Waals surface area contributed by atoms with Gasteiger partial charge < -0.3 is 32.6 Å². The number of nitrogens with two attached hydrogens (primary N) is 3. The number of benzene rings is 1. The highest BCUT2D eigenvalue weighted by molar-refractivity contribution is 5.93. The number of nitrogens with one attached hydrogen (secondary N) is 3. The van der Waals surface area contributed by atoms with Crippen LogP contribution in [0.5, 0.6) is 5.75 Å². The van der Waals surface area contributed by atoms with Gasteiger partial charge in [-0.05, 0) is 18.2 Å². The number of hydrogen-bond donors (Lipinski definition) is 6. The minimum atomic E-state index is -0.855. The lowest BCUT2D eigenvalue weighted by atomic mass is 10.1. The van der Waals surface area contributed by atoms with Crippen LogP contribution in [0.4, 0.5) is 5.69 Å². The Kier molecular flexibility index (Phi) is 5.83. The average Bonchev–Trinajstić information content (AvgIpc) is 3.14. The molecule has 0 saturated heterocycles. The van der Waals surface area contributed by atoms with Crippen molar-refractivity contribution in [2.45, 2.75) is 0 Å². The highest BCUT2D eigenvalue weighted by atomic mass is 16.5. The molecule has 0 unspecified atom stereocenters. The van der Waals surface area contributed by atoms with E-state index in [-0.39, 0.29) is 17.2 Å². The number of hydrogen-bond acceptors (Lipinski definition) is 7. The van der Waals surface area contributed by atoms with E-state index in [0.29, 0.717) is 17.8 Å². The van der Waals surface area contributed by atoms with Crippen LogP contribution in [-0.4, -0.2) is 29.6 Å². The van der Waals surface area contributed by atoms with Gasteiger partial charge in [0.15, 0.2) is 5.75 Å². The van der Waals surface area contributed by atoms with Gasteiger partial charge >= 0.3 is 0 Å². The number of carbonyl (C=O) groups excluding carboxylic acids is 2. The van der Waals surface area contributed by atoms with Gasteiger partial charge in [-0.2, -0.15) is 5.10 Å². The first-order valence-electron chi connectivity index (χ1n) is 7.38. The molecule has 1 aromatic heterocycles. The predicted molar refractivity (Wildman–Crippen MR) is 96.1 cm³/mol. The largest absolute Gasteiger partial charge is 0.494 e. The summed E-state index contributed by atoms with van der Waals surface area (Å²) >= 11 is 0. The van der Waals surface area contributed by atoms with Gasteiger partial charge in [0.1, 0.15) is 11.5 Å². The Morgan fingerprint density at radius 3 is 2.62 bits per heavy atom. The Hall–Kier alpha value is -3.95. The molecule has 0 radical (unpaired) electrons. The van der Waals surface area contributed by atoms with Gasteiger partial charge in [0.05, 0.1) is 24.2 Å². The Morgan fingerprint density at radius 1 is 1.27 bits per heavy atom. The molecule has 0 aliphatic heterocycles. The number of H-pyrrole nitrogens is 1. The number of nitrogens with zero attached hydrogens (tertiary/aromatic N) is 1. The fourth-order valence-corrected chi connectivity index (χ4v) is 2.20. The summed E-state index contributed by atoms with van der Waals surface area (Å²) in [4.78, 5) is 22.0. The zero-order valence-electron chi connectivity index (χ0n) is 13.9. The van der Waals surface area contributed by atoms with Crippen LogP contribution in [-0.2, 0) is 9.59 Å². The number of aromatic nitrogens is 2. The van der Waals surface area contributed by atoms with Crippen molar-refractivity contribution in [3.8, 4) is 17.0 Å². The zero-order valence-corrected chi connectivity index (χ0v) is 13.9. The van der Waals surface area contributed by atoms with Crippen LogP contribution in [0.2, 0.25) is 0 Å². The number of anilines is 1. The SMILES string of the molecule is COc1c(NC(/C=C(\N)NC=O)=C(/N)C(N)=O)cccc1-c1ccn[nH]1. The first kappa shape index (κ1) is 18.4. The second-order valence-electron chi connectivity index (χ2n) is 5.04. The topological polar surface area (TPSA) is 174 Å². The quantitative estimate of drug-likeness (QED) is 0.213. The third-order valence-electron chi connectivity index (χ3n) is 3.36. The second kappa shape index (κ2) is 8.24. The third-order valence-corrected chi connectivity index (χ3v) is 3.36. The Labute approximate surface area is 149 Å². The Balaban J connectivity index is 2.51. The van der Waals surface area contributed by atoms with Gasteiger partial charge in [-0.1, -0.05) is 6.07 Å². The van der Waals surface area contributed by atoms with Crippen LogP contribution >= 0.6 is 0 Å². The van der Waals surface area contributed by atoms with Crippen LogP contribution in [0.1, 0.15) is 0 Å². The van der Waals surface area contributed by atoms with E-state index < -0.39 is 5.91 Å². The number of amides is 2. The number of ether oxygens (including phenoxy) is 1. The molecule has 2 rings (SSSR count).